The second kappa shape index (κ2) is 6.12. The van der Waals surface area contributed by atoms with Crippen LogP contribution in [0.4, 0.5) is 10.8 Å². The summed E-state index contributed by atoms with van der Waals surface area (Å²) in [5, 5.41) is 1.27. The van der Waals surface area contributed by atoms with E-state index in [1.54, 1.807) is 23.3 Å². The van der Waals surface area contributed by atoms with Crippen LogP contribution in [0.1, 0.15) is 12.8 Å². The predicted octanol–water partition coefficient (Wildman–Crippen LogP) is 2.23. The monoisotopic (exact) mass is 286 g/mol. The maximum absolute atomic E-state index is 5.90. The van der Waals surface area contributed by atoms with Gasteiger partial charge < -0.3 is 15.5 Å². The van der Waals surface area contributed by atoms with Crippen molar-refractivity contribution in [3.8, 4) is 0 Å². The molecule has 0 aliphatic carbocycles. The average molecular weight is 286 g/mol. The van der Waals surface area contributed by atoms with Crippen LogP contribution >= 0.6 is 23.3 Å². The normalized spacial score (nSPS) is 17.7. The fraction of sp³-hybridized carbons (Fsp3) is 0.750. The molecule has 1 aromatic heterocycles. The van der Waals surface area contributed by atoms with E-state index in [0.29, 0.717) is 5.82 Å². The Hall–Kier alpha value is -0.460. The van der Waals surface area contributed by atoms with Crippen LogP contribution in [0.25, 0.3) is 0 Å². The number of nitrogens with two attached hydrogens (primary N) is 1. The summed E-state index contributed by atoms with van der Waals surface area (Å²) in [6.07, 6.45) is 4.61. The minimum Gasteiger partial charge on any atom is -0.382 e. The van der Waals surface area contributed by atoms with Crippen LogP contribution < -0.4 is 10.6 Å². The van der Waals surface area contributed by atoms with E-state index >= 15 is 0 Å². The van der Waals surface area contributed by atoms with Crippen LogP contribution in [-0.2, 0) is 0 Å². The molecule has 0 bridgehead atoms. The topological polar surface area (TPSA) is 45.4 Å². The van der Waals surface area contributed by atoms with Crippen molar-refractivity contribution < 1.29 is 0 Å². The van der Waals surface area contributed by atoms with Gasteiger partial charge in [-0.3, -0.25) is 0 Å². The van der Waals surface area contributed by atoms with Gasteiger partial charge >= 0.3 is 0 Å². The van der Waals surface area contributed by atoms with Gasteiger partial charge in [0.05, 0.1) is 4.90 Å². The number of nitrogens with zero attached hydrogens (tertiary/aromatic N) is 3. The fourth-order valence-electron chi connectivity index (χ4n) is 2.51. The molecule has 0 saturated carbocycles. The maximum Gasteiger partial charge on any atom is 0.153 e. The van der Waals surface area contributed by atoms with Crippen LogP contribution in [0.3, 0.4) is 0 Å². The molecule has 1 aromatic rings. The van der Waals surface area contributed by atoms with E-state index in [2.05, 4.69) is 34.5 Å². The maximum atomic E-state index is 5.90. The number of rotatable bonds is 4. The number of anilines is 2. The molecule has 0 radical (unpaired) electrons. The predicted molar refractivity (Wildman–Crippen MR) is 81.8 cm³/mol. The zero-order valence-corrected chi connectivity index (χ0v) is 13.0. The lowest BCUT2D eigenvalue weighted by molar-refractivity contribution is 0.285. The lowest BCUT2D eigenvalue weighted by Gasteiger charge is -2.34. The smallest absolute Gasteiger partial charge is 0.153 e. The standard InChI is InChI=1S/C12H22N4S2/c1-15(2)8-9-4-6-16(7-5-9)12-10(17-3)11(13)14-18-12/h9H,4-8H2,1-3H3,(H2,13,14). The Morgan fingerprint density at radius 1 is 1.44 bits per heavy atom. The molecule has 0 spiro atoms. The first kappa shape index (κ1) is 14.0. The first-order chi connectivity index (χ1) is 8.61. The van der Waals surface area contributed by atoms with Crippen LogP contribution in [0.5, 0.6) is 0 Å². The third-order valence-corrected chi connectivity index (χ3v) is 5.25. The molecule has 1 aliphatic rings. The van der Waals surface area contributed by atoms with Gasteiger partial charge in [-0.15, -0.1) is 11.8 Å². The van der Waals surface area contributed by atoms with Gasteiger partial charge in [-0.1, -0.05) is 0 Å². The summed E-state index contributed by atoms with van der Waals surface area (Å²) < 4.78 is 4.28. The molecule has 1 aliphatic heterocycles. The van der Waals surface area contributed by atoms with Gasteiger partial charge in [-0.05, 0) is 50.6 Å². The zero-order chi connectivity index (χ0) is 13.1. The molecule has 1 fully saturated rings. The van der Waals surface area contributed by atoms with Crippen molar-refractivity contribution in [1.82, 2.24) is 9.27 Å². The molecule has 2 rings (SSSR count). The Morgan fingerprint density at radius 3 is 2.67 bits per heavy atom. The van der Waals surface area contributed by atoms with Crippen LogP contribution in [-0.4, -0.2) is 49.3 Å². The van der Waals surface area contributed by atoms with Gasteiger partial charge in [-0.2, -0.15) is 4.37 Å². The van der Waals surface area contributed by atoms with Gasteiger partial charge in [0.2, 0.25) is 0 Å². The molecule has 0 unspecified atom stereocenters. The molecule has 2 N–H and O–H groups in total. The highest BCUT2D eigenvalue weighted by Crippen LogP contribution is 2.39. The van der Waals surface area contributed by atoms with E-state index in [1.165, 1.54) is 24.4 Å². The summed E-state index contributed by atoms with van der Waals surface area (Å²) in [6.45, 7) is 3.47. The molecule has 0 amide bonds. The largest absolute Gasteiger partial charge is 0.382 e. The van der Waals surface area contributed by atoms with E-state index < -0.39 is 0 Å². The minimum atomic E-state index is 0.693. The molecule has 6 heteroatoms. The van der Waals surface area contributed by atoms with E-state index in [9.17, 15) is 0 Å². The average Bonchev–Trinajstić information content (AvgIpc) is 2.70. The van der Waals surface area contributed by atoms with Crippen LogP contribution in [0, 0.1) is 5.92 Å². The highest BCUT2D eigenvalue weighted by Gasteiger charge is 2.23. The molecule has 4 nitrogen and oxygen atoms in total. The van der Waals surface area contributed by atoms with E-state index in [-0.39, 0.29) is 0 Å². The van der Waals surface area contributed by atoms with Gasteiger partial charge in [0.1, 0.15) is 5.00 Å². The third-order valence-electron chi connectivity index (χ3n) is 3.39. The SMILES string of the molecule is CSc1c(N)nsc1N1CCC(CN(C)C)CC1. The van der Waals surface area contributed by atoms with Crippen molar-refractivity contribution in [3.05, 3.63) is 0 Å². The molecule has 18 heavy (non-hydrogen) atoms. The second-order valence-corrected chi connectivity index (χ2v) is 6.67. The number of piperidine rings is 1. The molecular formula is C12H22N4S2. The van der Waals surface area contributed by atoms with Crippen molar-refractivity contribution in [2.75, 3.05) is 50.6 Å². The van der Waals surface area contributed by atoms with Gasteiger partial charge in [0.15, 0.2) is 5.82 Å². The molecule has 0 atom stereocenters. The zero-order valence-electron chi connectivity index (χ0n) is 11.3. The van der Waals surface area contributed by atoms with E-state index in [4.69, 9.17) is 5.73 Å². The summed E-state index contributed by atoms with van der Waals surface area (Å²) in [6, 6.07) is 0. The first-order valence-corrected chi connectivity index (χ1v) is 8.30. The summed E-state index contributed by atoms with van der Waals surface area (Å²) in [5.74, 6) is 1.53. The molecule has 1 saturated heterocycles. The van der Waals surface area contributed by atoms with Crippen LogP contribution in [0.15, 0.2) is 4.90 Å². The highest BCUT2D eigenvalue weighted by atomic mass is 32.2. The first-order valence-electron chi connectivity index (χ1n) is 6.30. The third kappa shape index (κ3) is 3.10. The Morgan fingerprint density at radius 2 is 2.11 bits per heavy atom. The molecular weight excluding hydrogens is 264 g/mol. The molecule has 102 valence electrons. The molecule has 2 heterocycles. The Kier molecular flexibility index (Phi) is 4.75. The summed E-state index contributed by atoms with van der Waals surface area (Å²) >= 11 is 3.25. The van der Waals surface area contributed by atoms with Crippen molar-refractivity contribution in [3.63, 3.8) is 0 Å². The summed E-state index contributed by atoms with van der Waals surface area (Å²) in [4.78, 5) is 5.90. The Labute approximate surface area is 118 Å². The summed E-state index contributed by atoms with van der Waals surface area (Å²) in [5.41, 5.74) is 5.90. The highest BCUT2D eigenvalue weighted by molar-refractivity contribution is 7.99. The van der Waals surface area contributed by atoms with Gasteiger partial charge in [-0.25, -0.2) is 0 Å². The van der Waals surface area contributed by atoms with E-state index in [0.717, 1.165) is 23.9 Å². The lowest BCUT2D eigenvalue weighted by atomic mass is 9.96. The quantitative estimate of drug-likeness (QED) is 0.860. The number of thioether (sulfide) groups is 1. The van der Waals surface area contributed by atoms with E-state index in [1.807, 2.05) is 0 Å². The van der Waals surface area contributed by atoms with Crippen molar-refractivity contribution in [2.45, 2.75) is 17.7 Å². The number of aromatic nitrogens is 1. The number of hydrogen-bond acceptors (Lipinski definition) is 6. The Balaban J connectivity index is 1.97. The van der Waals surface area contributed by atoms with Gasteiger partial charge in [0.25, 0.3) is 0 Å². The number of hydrogen-bond donors (Lipinski definition) is 1. The second-order valence-electron chi connectivity index (χ2n) is 5.10. The summed E-state index contributed by atoms with van der Waals surface area (Å²) in [7, 11) is 4.31. The van der Waals surface area contributed by atoms with Crippen molar-refractivity contribution in [1.29, 1.82) is 0 Å². The fourth-order valence-corrected chi connectivity index (χ4v) is 4.25. The van der Waals surface area contributed by atoms with Crippen molar-refractivity contribution in [2.24, 2.45) is 5.92 Å². The van der Waals surface area contributed by atoms with Gasteiger partial charge in [0, 0.05) is 19.6 Å². The number of nitrogen functional groups attached to an aromatic ring is 1. The minimum absolute atomic E-state index is 0.693. The molecule has 0 aromatic carbocycles. The lowest BCUT2D eigenvalue weighted by Crippen LogP contribution is -2.36. The Bertz CT molecular complexity index is 383. The van der Waals surface area contributed by atoms with Crippen molar-refractivity contribution >= 4 is 34.1 Å². The van der Waals surface area contributed by atoms with Crippen LogP contribution in [0.2, 0.25) is 0 Å².